The smallest absolute Gasteiger partial charge is 0.205 e. The van der Waals surface area contributed by atoms with E-state index < -0.39 is 5.72 Å². The molecule has 3 aromatic rings. The molecule has 1 spiro atoms. The highest BCUT2D eigenvalue weighted by Gasteiger charge is 2.56. The van der Waals surface area contributed by atoms with Gasteiger partial charge in [0.2, 0.25) is 5.72 Å². The molecule has 156 valence electrons. The van der Waals surface area contributed by atoms with Crippen LogP contribution in [0.15, 0.2) is 71.8 Å². The Bertz CT molecular complexity index is 1240. The van der Waals surface area contributed by atoms with E-state index in [0.29, 0.717) is 12.8 Å². The van der Waals surface area contributed by atoms with Crippen molar-refractivity contribution in [2.45, 2.75) is 51.3 Å². The number of hydrogen-bond donors (Lipinski definition) is 0. The molecule has 0 saturated heterocycles. The molecule has 0 amide bonds. The molecule has 0 bridgehead atoms. The van der Waals surface area contributed by atoms with E-state index in [0.717, 1.165) is 35.4 Å². The van der Waals surface area contributed by atoms with Crippen LogP contribution in [0.5, 0.6) is 5.75 Å². The summed E-state index contributed by atoms with van der Waals surface area (Å²) in [5.41, 5.74) is 2.53. The largest absolute Gasteiger partial charge is 0.466 e. The number of para-hydroxylation sites is 1. The Morgan fingerprint density at radius 3 is 2.58 bits per heavy atom. The number of nitrogens with zero attached hydrogens (tertiary/aromatic N) is 2. The number of carbonyl (C=O) groups excluding carboxylic acids is 1. The van der Waals surface area contributed by atoms with E-state index in [2.05, 4.69) is 73.5 Å². The average molecular weight is 411 g/mol. The zero-order valence-corrected chi connectivity index (χ0v) is 18.0. The molecule has 3 aliphatic rings. The topological polar surface area (TPSA) is 41.9 Å². The van der Waals surface area contributed by atoms with Crippen molar-refractivity contribution in [3.8, 4) is 5.75 Å². The number of benzene rings is 3. The number of fused-ring (bicyclic) bond motifs is 5. The fraction of sp³-hybridized carbons (Fsp3) is 0.333. The lowest BCUT2D eigenvalue weighted by atomic mass is 9.71. The molecule has 4 nitrogen and oxygen atoms in total. The Balaban J connectivity index is 1.48. The fourth-order valence-corrected chi connectivity index (χ4v) is 5.78. The molecule has 31 heavy (non-hydrogen) atoms. The maximum Gasteiger partial charge on any atom is 0.205 e. The van der Waals surface area contributed by atoms with Gasteiger partial charge in [-0.25, -0.2) is 5.01 Å². The van der Waals surface area contributed by atoms with Crippen molar-refractivity contribution in [3.63, 3.8) is 0 Å². The molecular weight excluding hydrogens is 384 g/mol. The molecule has 2 atom stereocenters. The summed E-state index contributed by atoms with van der Waals surface area (Å²) in [5, 5.41) is 9.70. The maximum atomic E-state index is 12.8. The Morgan fingerprint density at radius 2 is 1.74 bits per heavy atom. The first-order valence-electron chi connectivity index (χ1n) is 11.1. The molecule has 3 aromatic carbocycles. The van der Waals surface area contributed by atoms with E-state index in [-0.39, 0.29) is 17.2 Å². The predicted molar refractivity (Wildman–Crippen MR) is 122 cm³/mol. The van der Waals surface area contributed by atoms with Crippen molar-refractivity contribution in [2.75, 3.05) is 0 Å². The van der Waals surface area contributed by atoms with Gasteiger partial charge >= 0.3 is 0 Å². The van der Waals surface area contributed by atoms with Crippen LogP contribution in [-0.4, -0.2) is 22.2 Å². The zero-order chi connectivity index (χ0) is 21.2. The van der Waals surface area contributed by atoms with Gasteiger partial charge in [0.25, 0.3) is 0 Å². The minimum atomic E-state index is -0.712. The Kier molecular flexibility index (Phi) is 3.86. The van der Waals surface area contributed by atoms with Crippen LogP contribution in [0, 0.1) is 5.41 Å². The van der Waals surface area contributed by atoms with E-state index in [1.54, 1.807) is 0 Å². The lowest BCUT2D eigenvalue weighted by molar-refractivity contribution is -0.171. The van der Waals surface area contributed by atoms with E-state index in [1.165, 1.54) is 10.8 Å². The highest BCUT2D eigenvalue weighted by molar-refractivity contribution is 6.04. The van der Waals surface area contributed by atoms with Gasteiger partial charge in [0.15, 0.2) is 0 Å². The average Bonchev–Trinajstić information content (AvgIpc) is 3.19. The standard InChI is InChI=1S/C27H26N2O2/c1-26(2)15-21(30)16-27(17-26)29-24(22-9-5-6-10-25(22)31-27)14-23(28-29)20-12-11-18-7-3-4-8-19(18)13-20/h3-13,24H,14-17H2,1-2H3. The molecule has 0 N–H and O–H groups in total. The summed E-state index contributed by atoms with van der Waals surface area (Å²) in [7, 11) is 0. The second-order valence-electron chi connectivity index (χ2n) is 9.99. The summed E-state index contributed by atoms with van der Waals surface area (Å²) in [6.07, 6.45) is 2.58. The van der Waals surface area contributed by atoms with E-state index in [1.807, 2.05) is 12.1 Å². The summed E-state index contributed by atoms with van der Waals surface area (Å²) in [4.78, 5) is 12.8. The molecule has 6 rings (SSSR count). The van der Waals surface area contributed by atoms with Crippen LogP contribution in [0.4, 0.5) is 0 Å². The van der Waals surface area contributed by atoms with Crippen LogP contribution in [-0.2, 0) is 4.79 Å². The van der Waals surface area contributed by atoms with Crippen LogP contribution < -0.4 is 4.74 Å². The molecule has 1 aliphatic carbocycles. The molecule has 1 saturated carbocycles. The third kappa shape index (κ3) is 2.96. The van der Waals surface area contributed by atoms with E-state index >= 15 is 0 Å². The molecule has 2 unspecified atom stereocenters. The Hall–Kier alpha value is -3.14. The van der Waals surface area contributed by atoms with Gasteiger partial charge in [-0.15, -0.1) is 0 Å². The van der Waals surface area contributed by atoms with Crippen molar-refractivity contribution in [1.29, 1.82) is 0 Å². The van der Waals surface area contributed by atoms with Crippen LogP contribution in [0.1, 0.15) is 56.7 Å². The second kappa shape index (κ2) is 6.43. The molecule has 1 fully saturated rings. The Morgan fingerprint density at radius 1 is 0.968 bits per heavy atom. The van der Waals surface area contributed by atoms with Crippen molar-refractivity contribution in [1.82, 2.24) is 5.01 Å². The molecule has 2 heterocycles. The summed E-state index contributed by atoms with van der Waals surface area (Å²) in [5.74, 6) is 1.15. The van der Waals surface area contributed by atoms with E-state index in [9.17, 15) is 4.79 Å². The monoisotopic (exact) mass is 410 g/mol. The summed E-state index contributed by atoms with van der Waals surface area (Å²) in [6, 6.07) is 23.3. The number of hydrogen-bond acceptors (Lipinski definition) is 4. The van der Waals surface area contributed by atoms with Crippen LogP contribution in [0.3, 0.4) is 0 Å². The van der Waals surface area contributed by atoms with Gasteiger partial charge in [0.1, 0.15) is 11.5 Å². The number of rotatable bonds is 1. The van der Waals surface area contributed by atoms with Gasteiger partial charge in [-0.1, -0.05) is 68.4 Å². The minimum absolute atomic E-state index is 0.0909. The van der Waals surface area contributed by atoms with Gasteiger partial charge < -0.3 is 4.74 Å². The van der Waals surface area contributed by atoms with Crippen molar-refractivity contribution < 1.29 is 9.53 Å². The van der Waals surface area contributed by atoms with Crippen molar-refractivity contribution in [3.05, 3.63) is 77.9 Å². The number of Topliss-reactive ketones (excluding diaryl/α,β-unsaturated/α-hetero) is 1. The first-order valence-corrected chi connectivity index (χ1v) is 11.1. The summed E-state index contributed by atoms with van der Waals surface area (Å²) < 4.78 is 6.63. The number of ketones is 1. The molecule has 0 radical (unpaired) electrons. The molecule has 4 heteroatoms. The van der Waals surface area contributed by atoms with Gasteiger partial charge in [0, 0.05) is 24.8 Å². The van der Waals surface area contributed by atoms with Crippen molar-refractivity contribution in [2.24, 2.45) is 10.5 Å². The normalized spacial score (nSPS) is 26.4. The highest BCUT2D eigenvalue weighted by atomic mass is 16.5. The third-order valence-corrected chi connectivity index (χ3v) is 6.89. The van der Waals surface area contributed by atoms with Gasteiger partial charge in [-0.3, -0.25) is 4.79 Å². The predicted octanol–water partition coefficient (Wildman–Crippen LogP) is 5.86. The zero-order valence-electron chi connectivity index (χ0n) is 18.0. The van der Waals surface area contributed by atoms with Gasteiger partial charge in [0.05, 0.1) is 18.2 Å². The Labute approximate surface area is 182 Å². The number of carbonyl (C=O) groups is 1. The first-order chi connectivity index (χ1) is 14.9. The number of hydrazone groups is 1. The number of ether oxygens (including phenoxy) is 1. The van der Waals surface area contributed by atoms with Crippen LogP contribution >= 0.6 is 0 Å². The van der Waals surface area contributed by atoms with Crippen molar-refractivity contribution >= 4 is 22.3 Å². The van der Waals surface area contributed by atoms with Gasteiger partial charge in [-0.2, -0.15) is 5.10 Å². The molecule has 2 aliphatic heterocycles. The lowest BCUT2D eigenvalue weighted by Gasteiger charge is -2.52. The molecular formula is C27H26N2O2. The van der Waals surface area contributed by atoms with Crippen LogP contribution in [0.25, 0.3) is 10.8 Å². The maximum absolute atomic E-state index is 12.8. The first kappa shape index (κ1) is 18.6. The minimum Gasteiger partial charge on any atom is -0.466 e. The molecule has 0 aromatic heterocycles. The lowest BCUT2D eigenvalue weighted by Crippen LogP contribution is -2.59. The fourth-order valence-electron chi connectivity index (χ4n) is 5.78. The SMILES string of the molecule is CC1(C)CC(=O)CC2(C1)Oc1ccccc1C1CC(c3ccc4ccccc4c3)=NN12. The third-order valence-electron chi connectivity index (χ3n) is 6.89. The summed E-state index contributed by atoms with van der Waals surface area (Å²) >= 11 is 0. The van der Waals surface area contributed by atoms with E-state index in [4.69, 9.17) is 9.84 Å². The highest BCUT2D eigenvalue weighted by Crippen LogP contribution is 2.53. The second-order valence-corrected chi connectivity index (χ2v) is 9.99. The van der Waals surface area contributed by atoms with Gasteiger partial charge in [-0.05, 0) is 33.9 Å². The summed E-state index contributed by atoms with van der Waals surface area (Å²) in [6.45, 7) is 4.32. The quantitative estimate of drug-likeness (QED) is 0.505. The van der Waals surface area contributed by atoms with Crippen LogP contribution in [0.2, 0.25) is 0 Å².